The first kappa shape index (κ1) is 21.6. The molecule has 5 rings (SSSR count). The minimum atomic E-state index is -0.191. The van der Waals surface area contributed by atoms with Crippen LogP contribution in [0, 0.1) is 0 Å². The topological polar surface area (TPSA) is 94.1 Å². The van der Waals surface area contributed by atoms with Crippen LogP contribution in [0.2, 0.25) is 0 Å². The predicted octanol–water partition coefficient (Wildman–Crippen LogP) is 3.78. The van der Waals surface area contributed by atoms with Gasteiger partial charge in [0.25, 0.3) is 0 Å². The lowest BCUT2D eigenvalue weighted by Crippen LogP contribution is -2.47. The largest absolute Gasteiger partial charge is 0.496 e. The van der Waals surface area contributed by atoms with Gasteiger partial charge in [0.15, 0.2) is 5.43 Å². The van der Waals surface area contributed by atoms with Gasteiger partial charge in [0.1, 0.15) is 34.0 Å². The van der Waals surface area contributed by atoms with E-state index < -0.39 is 0 Å². The van der Waals surface area contributed by atoms with Crippen molar-refractivity contribution in [2.24, 2.45) is 0 Å². The molecule has 0 spiro atoms. The lowest BCUT2D eigenvalue weighted by molar-refractivity contribution is 0.396. The summed E-state index contributed by atoms with van der Waals surface area (Å²) in [5.41, 5.74) is 8.99. The van der Waals surface area contributed by atoms with Gasteiger partial charge in [-0.15, -0.1) is 0 Å². The quantitative estimate of drug-likeness (QED) is 0.452. The first-order valence-electron chi connectivity index (χ1n) is 11.1. The number of nitrogens with zero attached hydrogens (tertiary/aromatic N) is 3. The Labute approximate surface area is 197 Å². The molecule has 34 heavy (non-hydrogen) atoms. The molecule has 174 valence electrons. The zero-order chi connectivity index (χ0) is 23.7. The number of ether oxygens (including phenoxy) is 2. The van der Waals surface area contributed by atoms with Gasteiger partial charge in [-0.2, -0.15) is 0 Å². The van der Waals surface area contributed by atoms with Crippen LogP contribution >= 0.6 is 0 Å². The van der Waals surface area contributed by atoms with Gasteiger partial charge in [-0.3, -0.25) is 4.79 Å². The average molecular weight is 459 g/mol. The maximum absolute atomic E-state index is 12.9. The van der Waals surface area contributed by atoms with Crippen molar-refractivity contribution in [3.63, 3.8) is 0 Å². The van der Waals surface area contributed by atoms with Gasteiger partial charge in [0.05, 0.1) is 25.6 Å². The molecule has 0 unspecified atom stereocenters. The molecular weight excluding hydrogens is 432 g/mol. The summed E-state index contributed by atoms with van der Waals surface area (Å²) in [6.07, 6.45) is 1.82. The van der Waals surface area contributed by atoms with Crippen LogP contribution in [0.4, 0.5) is 17.2 Å². The third-order valence-corrected chi connectivity index (χ3v) is 6.13. The lowest BCUT2D eigenvalue weighted by atomic mass is 10.1. The summed E-state index contributed by atoms with van der Waals surface area (Å²) < 4.78 is 16.7. The number of anilines is 3. The van der Waals surface area contributed by atoms with E-state index in [2.05, 4.69) is 14.8 Å². The Kier molecular flexibility index (Phi) is 5.71. The minimum absolute atomic E-state index is 0.191. The second kappa shape index (κ2) is 8.97. The highest BCUT2D eigenvalue weighted by Crippen LogP contribution is 2.34. The first-order valence-corrected chi connectivity index (χ1v) is 11.1. The standard InChI is InChI=1S/C26H26N4O4/c1-32-18-14-23(33-2)26-21(31)16-22(34-24(26)15-18)17-6-7-20(19(27)13-17)29-9-11-30(12-10-29)25-5-3-4-8-28-25/h3-8,13-16H,9-12,27H2,1-2H3. The molecule has 2 N–H and O–H groups in total. The molecule has 0 saturated carbocycles. The maximum Gasteiger partial charge on any atom is 0.197 e. The van der Waals surface area contributed by atoms with Crippen molar-refractivity contribution in [2.75, 3.05) is 55.9 Å². The number of methoxy groups -OCH3 is 2. The van der Waals surface area contributed by atoms with Gasteiger partial charge in [-0.05, 0) is 30.3 Å². The van der Waals surface area contributed by atoms with E-state index in [1.165, 1.54) is 13.2 Å². The highest BCUT2D eigenvalue weighted by atomic mass is 16.5. The van der Waals surface area contributed by atoms with Gasteiger partial charge >= 0.3 is 0 Å². The van der Waals surface area contributed by atoms with Crippen LogP contribution in [0.25, 0.3) is 22.3 Å². The first-order chi connectivity index (χ1) is 16.6. The van der Waals surface area contributed by atoms with Gasteiger partial charge in [-0.1, -0.05) is 6.07 Å². The van der Waals surface area contributed by atoms with E-state index in [0.29, 0.717) is 33.9 Å². The van der Waals surface area contributed by atoms with Crippen molar-refractivity contribution >= 4 is 28.2 Å². The van der Waals surface area contributed by atoms with E-state index in [1.54, 1.807) is 19.2 Å². The Morgan fingerprint density at radius 1 is 0.941 bits per heavy atom. The predicted molar refractivity (Wildman–Crippen MR) is 134 cm³/mol. The van der Waals surface area contributed by atoms with Crippen LogP contribution < -0.4 is 30.4 Å². The van der Waals surface area contributed by atoms with E-state index >= 15 is 0 Å². The SMILES string of the molecule is COc1cc(OC)c2c(=O)cc(-c3ccc(N4CCN(c5ccccn5)CC4)c(N)c3)oc2c1. The molecular formula is C26H26N4O4. The Morgan fingerprint density at radius 2 is 1.74 bits per heavy atom. The number of pyridine rings is 1. The van der Waals surface area contributed by atoms with Crippen LogP contribution in [-0.2, 0) is 0 Å². The number of hydrogen-bond donors (Lipinski definition) is 1. The second-order valence-corrected chi connectivity index (χ2v) is 8.11. The average Bonchev–Trinajstić information content (AvgIpc) is 2.88. The molecule has 8 heteroatoms. The molecule has 1 saturated heterocycles. The van der Waals surface area contributed by atoms with Crippen molar-refractivity contribution in [1.29, 1.82) is 0 Å². The Morgan fingerprint density at radius 3 is 2.41 bits per heavy atom. The number of benzene rings is 2. The van der Waals surface area contributed by atoms with Gasteiger partial charge < -0.3 is 29.4 Å². The fraction of sp³-hybridized carbons (Fsp3) is 0.231. The van der Waals surface area contributed by atoms with E-state index in [4.69, 9.17) is 19.6 Å². The zero-order valence-electron chi connectivity index (χ0n) is 19.2. The maximum atomic E-state index is 12.9. The molecule has 2 aromatic heterocycles. The van der Waals surface area contributed by atoms with Crippen LogP contribution in [0.1, 0.15) is 0 Å². The van der Waals surface area contributed by atoms with Gasteiger partial charge in [0, 0.05) is 56.1 Å². The van der Waals surface area contributed by atoms with E-state index in [0.717, 1.165) is 43.2 Å². The summed E-state index contributed by atoms with van der Waals surface area (Å²) >= 11 is 0. The molecule has 0 bridgehead atoms. The second-order valence-electron chi connectivity index (χ2n) is 8.11. The summed E-state index contributed by atoms with van der Waals surface area (Å²) in [5, 5.41) is 0.377. The Hall–Kier alpha value is -4.20. The fourth-order valence-corrected chi connectivity index (χ4v) is 4.36. The van der Waals surface area contributed by atoms with E-state index in [1.807, 2.05) is 42.6 Å². The Balaban J connectivity index is 1.41. The number of piperazine rings is 1. The van der Waals surface area contributed by atoms with Crippen molar-refractivity contribution < 1.29 is 13.9 Å². The number of fused-ring (bicyclic) bond motifs is 1. The van der Waals surface area contributed by atoms with Crippen LogP contribution in [0.15, 0.2) is 70.0 Å². The summed E-state index contributed by atoms with van der Waals surface area (Å²) in [7, 11) is 3.06. The summed E-state index contributed by atoms with van der Waals surface area (Å²) in [4.78, 5) is 21.9. The number of nitrogens with two attached hydrogens (primary N) is 1. The zero-order valence-corrected chi connectivity index (χ0v) is 19.2. The van der Waals surface area contributed by atoms with Gasteiger partial charge in [0.2, 0.25) is 0 Å². The van der Waals surface area contributed by atoms with E-state index in [-0.39, 0.29) is 5.43 Å². The highest BCUT2D eigenvalue weighted by Gasteiger charge is 2.20. The summed E-state index contributed by atoms with van der Waals surface area (Å²) in [6.45, 7) is 3.40. The lowest BCUT2D eigenvalue weighted by Gasteiger charge is -2.37. The van der Waals surface area contributed by atoms with Crippen LogP contribution in [-0.4, -0.2) is 45.4 Å². The Bertz CT molecular complexity index is 1380. The number of hydrogen-bond acceptors (Lipinski definition) is 8. The molecule has 1 aliphatic rings. The van der Waals surface area contributed by atoms with Crippen LogP contribution in [0.3, 0.4) is 0 Å². The smallest absolute Gasteiger partial charge is 0.197 e. The number of nitrogen functional groups attached to an aromatic ring is 1. The molecule has 4 aromatic rings. The number of aromatic nitrogens is 1. The molecule has 0 radical (unpaired) electrons. The molecule has 1 aliphatic heterocycles. The van der Waals surface area contributed by atoms with Crippen molar-refractivity contribution in [3.8, 4) is 22.8 Å². The number of rotatable bonds is 5. The monoisotopic (exact) mass is 458 g/mol. The van der Waals surface area contributed by atoms with Crippen molar-refractivity contribution in [2.45, 2.75) is 0 Å². The van der Waals surface area contributed by atoms with Crippen molar-refractivity contribution in [1.82, 2.24) is 4.98 Å². The van der Waals surface area contributed by atoms with E-state index in [9.17, 15) is 4.79 Å². The third-order valence-electron chi connectivity index (χ3n) is 6.13. The third kappa shape index (κ3) is 3.98. The summed E-state index contributed by atoms with van der Waals surface area (Å²) in [6, 6.07) is 16.5. The van der Waals surface area contributed by atoms with Crippen molar-refractivity contribution in [3.05, 3.63) is 71.0 Å². The molecule has 0 aliphatic carbocycles. The molecule has 2 aromatic carbocycles. The highest BCUT2D eigenvalue weighted by molar-refractivity contribution is 5.87. The molecule has 0 atom stereocenters. The minimum Gasteiger partial charge on any atom is -0.496 e. The fourth-order valence-electron chi connectivity index (χ4n) is 4.36. The van der Waals surface area contributed by atoms with Crippen LogP contribution in [0.5, 0.6) is 11.5 Å². The molecule has 3 heterocycles. The molecule has 8 nitrogen and oxygen atoms in total. The summed E-state index contributed by atoms with van der Waals surface area (Å²) in [5.74, 6) is 2.38. The molecule has 0 amide bonds. The molecule has 1 fully saturated rings. The normalized spacial score (nSPS) is 13.8. The van der Waals surface area contributed by atoms with Gasteiger partial charge in [-0.25, -0.2) is 4.98 Å².